The number of carbonyl (C=O) groups excluding carboxylic acids is 1. The number of nitrogens with one attached hydrogen (secondary N) is 2. The minimum absolute atomic E-state index is 0.0175. The van der Waals surface area contributed by atoms with Crippen molar-refractivity contribution in [3.05, 3.63) is 70.9 Å². The molecule has 0 aromatic heterocycles. The van der Waals surface area contributed by atoms with Gasteiger partial charge in [0.2, 0.25) is 0 Å². The zero-order valence-corrected chi connectivity index (χ0v) is 14.3. The van der Waals surface area contributed by atoms with E-state index < -0.39 is 5.91 Å². The molecule has 0 saturated heterocycles. The molecule has 5 nitrogen and oxygen atoms in total. The van der Waals surface area contributed by atoms with Crippen LogP contribution in [-0.4, -0.2) is 17.6 Å². The summed E-state index contributed by atoms with van der Waals surface area (Å²) in [5.41, 5.74) is 4.16. The van der Waals surface area contributed by atoms with Crippen LogP contribution in [0.5, 0.6) is 5.75 Å². The molecule has 0 aliphatic carbocycles. The van der Waals surface area contributed by atoms with Gasteiger partial charge >= 0.3 is 0 Å². The summed E-state index contributed by atoms with van der Waals surface area (Å²) in [6, 6.07) is 14.5. The van der Waals surface area contributed by atoms with Gasteiger partial charge in [0.1, 0.15) is 17.4 Å². The monoisotopic (exact) mass is 335 g/mol. The smallest absolute Gasteiger partial charge is 0.263 e. The van der Waals surface area contributed by atoms with Crippen LogP contribution >= 0.6 is 0 Å². The molecular formula is C20H21N3O2. The largest absolute Gasteiger partial charge is 0.508 e. The normalized spacial score (nSPS) is 10.8. The lowest BCUT2D eigenvalue weighted by molar-refractivity contribution is -0.117. The van der Waals surface area contributed by atoms with E-state index in [1.807, 2.05) is 38.1 Å². The summed E-state index contributed by atoms with van der Waals surface area (Å²) in [4.78, 5) is 12.1. The van der Waals surface area contributed by atoms with Crippen LogP contribution in [0.2, 0.25) is 0 Å². The number of aromatic hydroxyl groups is 1. The Labute approximate surface area is 147 Å². The first-order chi connectivity index (χ1) is 12.0. The molecule has 2 aromatic rings. The van der Waals surface area contributed by atoms with E-state index >= 15 is 0 Å². The first-order valence-electron chi connectivity index (χ1n) is 8.00. The van der Waals surface area contributed by atoms with E-state index in [1.54, 1.807) is 24.3 Å². The lowest BCUT2D eigenvalue weighted by atomic mass is 10.1. The molecular weight excluding hydrogens is 314 g/mol. The zero-order valence-electron chi connectivity index (χ0n) is 14.3. The Kier molecular flexibility index (Phi) is 6.19. The number of aryl methyl sites for hydroxylation is 2. The Morgan fingerprint density at radius 2 is 1.88 bits per heavy atom. The van der Waals surface area contributed by atoms with E-state index in [2.05, 4.69) is 10.6 Å². The standard InChI is InChI=1S/C20H21N3O2/c1-14-3-6-18(11-15(14)2)23-13-17(12-21)20(25)22-10-9-16-4-7-19(24)8-5-16/h3-8,11,13,23-24H,9-10H2,1-2H3,(H,22,25)/b17-13-. The molecule has 0 heterocycles. The van der Waals surface area contributed by atoms with Gasteiger partial charge in [-0.25, -0.2) is 0 Å². The number of nitrogens with zero attached hydrogens (tertiary/aromatic N) is 1. The highest BCUT2D eigenvalue weighted by Crippen LogP contribution is 2.14. The molecule has 0 spiro atoms. The summed E-state index contributed by atoms with van der Waals surface area (Å²) >= 11 is 0. The van der Waals surface area contributed by atoms with Gasteiger partial charge < -0.3 is 15.7 Å². The van der Waals surface area contributed by atoms with Gasteiger partial charge in [-0.2, -0.15) is 5.26 Å². The van der Waals surface area contributed by atoms with Crippen molar-refractivity contribution >= 4 is 11.6 Å². The molecule has 0 unspecified atom stereocenters. The molecule has 0 atom stereocenters. The number of anilines is 1. The fourth-order valence-electron chi connectivity index (χ4n) is 2.21. The molecule has 25 heavy (non-hydrogen) atoms. The molecule has 0 saturated carbocycles. The molecule has 3 N–H and O–H groups in total. The highest BCUT2D eigenvalue weighted by atomic mass is 16.3. The van der Waals surface area contributed by atoms with E-state index in [1.165, 1.54) is 11.8 Å². The second-order valence-corrected chi connectivity index (χ2v) is 5.79. The van der Waals surface area contributed by atoms with Gasteiger partial charge in [0.25, 0.3) is 5.91 Å². The van der Waals surface area contributed by atoms with Crippen molar-refractivity contribution in [2.45, 2.75) is 20.3 Å². The number of hydrogen-bond donors (Lipinski definition) is 3. The number of nitriles is 1. The lowest BCUT2D eigenvalue weighted by Gasteiger charge is -2.07. The van der Waals surface area contributed by atoms with E-state index in [4.69, 9.17) is 0 Å². The van der Waals surface area contributed by atoms with Crippen molar-refractivity contribution < 1.29 is 9.90 Å². The average Bonchev–Trinajstić information content (AvgIpc) is 2.60. The third-order valence-corrected chi connectivity index (χ3v) is 3.89. The number of benzene rings is 2. The maximum absolute atomic E-state index is 12.1. The highest BCUT2D eigenvalue weighted by molar-refractivity contribution is 5.97. The van der Waals surface area contributed by atoms with Gasteiger partial charge in [-0.1, -0.05) is 18.2 Å². The first kappa shape index (κ1) is 18.1. The summed E-state index contributed by atoms with van der Waals surface area (Å²) in [5.74, 6) is -0.211. The van der Waals surface area contributed by atoms with E-state index in [9.17, 15) is 15.2 Å². The van der Waals surface area contributed by atoms with E-state index in [0.717, 1.165) is 16.8 Å². The van der Waals surface area contributed by atoms with Gasteiger partial charge in [0.15, 0.2) is 0 Å². The maximum atomic E-state index is 12.1. The Morgan fingerprint density at radius 3 is 2.52 bits per heavy atom. The van der Waals surface area contributed by atoms with Crippen LogP contribution in [0.4, 0.5) is 5.69 Å². The number of hydrogen-bond acceptors (Lipinski definition) is 4. The van der Waals surface area contributed by atoms with Crippen LogP contribution in [-0.2, 0) is 11.2 Å². The summed E-state index contributed by atoms with van der Waals surface area (Å²) in [6.07, 6.45) is 2.04. The van der Waals surface area contributed by atoms with Crippen LogP contribution < -0.4 is 10.6 Å². The summed E-state index contributed by atoms with van der Waals surface area (Å²) < 4.78 is 0. The second kappa shape index (κ2) is 8.55. The average molecular weight is 335 g/mol. The highest BCUT2D eigenvalue weighted by Gasteiger charge is 2.08. The number of amides is 1. The molecule has 5 heteroatoms. The number of carbonyl (C=O) groups is 1. The van der Waals surface area contributed by atoms with Gasteiger partial charge in [-0.3, -0.25) is 4.79 Å². The Morgan fingerprint density at radius 1 is 1.16 bits per heavy atom. The van der Waals surface area contributed by atoms with Gasteiger partial charge in [-0.05, 0) is 61.2 Å². The molecule has 1 amide bonds. The molecule has 0 aliphatic rings. The summed E-state index contributed by atoms with van der Waals surface area (Å²) in [7, 11) is 0. The number of rotatable bonds is 6. The molecule has 2 rings (SSSR count). The summed E-state index contributed by atoms with van der Waals surface area (Å²) in [5, 5.41) is 24.1. The molecule has 128 valence electrons. The van der Waals surface area contributed by atoms with E-state index in [0.29, 0.717) is 13.0 Å². The van der Waals surface area contributed by atoms with Gasteiger partial charge in [0.05, 0.1) is 0 Å². The molecule has 0 fully saturated rings. The van der Waals surface area contributed by atoms with Crippen molar-refractivity contribution in [3.63, 3.8) is 0 Å². The number of phenolic OH excluding ortho intramolecular Hbond substituents is 1. The fourth-order valence-corrected chi connectivity index (χ4v) is 2.21. The fraction of sp³-hybridized carbons (Fsp3) is 0.200. The van der Waals surface area contributed by atoms with Crippen molar-refractivity contribution in [2.75, 3.05) is 11.9 Å². The Hall–Kier alpha value is -3.26. The third-order valence-electron chi connectivity index (χ3n) is 3.89. The molecule has 0 radical (unpaired) electrons. The van der Waals surface area contributed by atoms with Gasteiger partial charge in [-0.15, -0.1) is 0 Å². The van der Waals surface area contributed by atoms with Crippen LogP contribution in [0.1, 0.15) is 16.7 Å². The van der Waals surface area contributed by atoms with Crippen LogP contribution in [0.25, 0.3) is 0 Å². The lowest BCUT2D eigenvalue weighted by Crippen LogP contribution is -2.27. The SMILES string of the molecule is Cc1ccc(N/C=C(/C#N)C(=O)NCCc2ccc(O)cc2)cc1C. The van der Waals surface area contributed by atoms with Crippen LogP contribution in [0.3, 0.4) is 0 Å². The van der Waals surface area contributed by atoms with Crippen molar-refractivity contribution in [1.82, 2.24) is 5.32 Å². The predicted octanol–water partition coefficient (Wildman–Crippen LogP) is 3.19. The molecule has 2 aromatic carbocycles. The van der Waals surface area contributed by atoms with Crippen molar-refractivity contribution in [2.24, 2.45) is 0 Å². The van der Waals surface area contributed by atoms with Crippen molar-refractivity contribution in [1.29, 1.82) is 5.26 Å². The topological polar surface area (TPSA) is 85.2 Å². The quantitative estimate of drug-likeness (QED) is 0.559. The van der Waals surface area contributed by atoms with Crippen LogP contribution in [0, 0.1) is 25.2 Å². The predicted molar refractivity (Wildman–Crippen MR) is 98.1 cm³/mol. The number of phenols is 1. The minimum Gasteiger partial charge on any atom is -0.508 e. The molecule has 0 bridgehead atoms. The van der Waals surface area contributed by atoms with Crippen molar-refractivity contribution in [3.8, 4) is 11.8 Å². The zero-order chi connectivity index (χ0) is 18.2. The first-order valence-corrected chi connectivity index (χ1v) is 8.00. The van der Waals surface area contributed by atoms with Crippen LogP contribution in [0.15, 0.2) is 54.2 Å². The van der Waals surface area contributed by atoms with Gasteiger partial charge in [0, 0.05) is 18.4 Å². The Balaban J connectivity index is 1.90. The Bertz CT molecular complexity index is 818. The molecule has 0 aliphatic heterocycles. The van der Waals surface area contributed by atoms with E-state index in [-0.39, 0.29) is 11.3 Å². The minimum atomic E-state index is -0.419. The maximum Gasteiger partial charge on any atom is 0.263 e. The second-order valence-electron chi connectivity index (χ2n) is 5.79. The summed E-state index contributed by atoms with van der Waals surface area (Å²) in [6.45, 7) is 4.44. The third kappa shape index (κ3) is 5.40.